The van der Waals surface area contributed by atoms with Crippen molar-refractivity contribution >= 4 is 27.5 Å². The minimum atomic E-state index is 0.629. The number of hydrogen-bond donors (Lipinski definition) is 1. The summed E-state index contributed by atoms with van der Waals surface area (Å²) in [4.78, 5) is 0. The van der Waals surface area contributed by atoms with Crippen LogP contribution in [0.3, 0.4) is 0 Å². The van der Waals surface area contributed by atoms with Crippen molar-refractivity contribution in [2.24, 2.45) is 11.8 Å². The van der Waals surface area contributed by atoms with Crippen LogP contribution in [0.4, 0.5) is 0 Å². The smallest absolute Gasteiger partial charge is 0.0451 e. The summed E-state index contributed by atoms with van der Waals surface area (Å²) in [7, 11) is 0. The molecule has 3 atom stereocenters. The van der Waals surface area contributed by atoms with Crippen LogP contribution in [0.5, 0.6) is 0 Å². The summed E-state index contributed by atoms with van der Waals surface area (Å²) in [5, 5.41) is 4.53. The Hall–Kier alpha value is -0.0500. The first-order chi connectivity index (χ1) is 8.58. The fraction of sp³-hybridized carbons (Fsp3) is 0.600. The quantitative estimate of drug-likeness (QED) is 0.821. The van der Waals surface area contributed by atoms with Crippen LogP contribution in [-0.4, -0.2) is 6.04 Å². The highest BCUT2D eigenvalue weighted by Gasteiger charge is 2.26. The van der Waals surface area contributed by atoms with E-state index < -0.39 is 0 Å². The molecular formula is C15H21BrClN. The third-order valence-electron chi connectivity index (χ3n) is 4.27. The van der Waals surface area contributed by atoms with Gasteiger partial charge in [0.25, 0.3) is 0 Å². The van der Waals surface area contributed by atoms with Crippen LogP contribution in [0.1, 0.15) is 38.7 Å². The van der Waals surface area contributed by atoms with Crippen molar-refractivity contribution in [1.82, 2.24) is 5.32 Å². The summed E-state index contributed by atoms with van der Waals surface area (Å²) in [5.41, 5.74) is 1.18. The molecule has 1 aliphatic rings. The molecule has 0 saturated heterocycles. The van der Waals surface area contributed by atoms with Crippen LogP contribution >= 0.6 is 27.5 Å². The molecule has 0 spiro atoms. The lowest BCUT2D eigenvalue weighted by atomic mass is 9.78. The first-order valence-electron chi connectivity index (χ1n) is 6.75. The number of nitrogens with one attached hydrogen (secondary N) is 1. The summed E-state index contributed by atoms with van der Waals surface area (Å²) in [6.07, 6.45) is 4.00. The molecule has 3 unspecified atom stereocenters. The summed E-state index contributed by atoms with van der Waals surface area (Å²) >= 11 is 9.72. The Kier molecular flexibility index (Phi) is 5.11. The SMILES string of the molecule is CC1CCCC(NCc2cc(Br)ccc2Cl)C1C. The van der Waals surface area contributed by atoms with Crippen LogP contribution in [0, 0.1) is 11.8 Å². The molecule has 1 saturated carbocycles. The van der Waals surface area contributed by atoms with E-state index in [1.165, 1.54) is 24.8 Å². The van der Waals surface area contributed by atoms with Crippen molar-refractivity contribution in [3.63, 3.8) is 0 Å². The molecule has 0 radical (unpaired) electrons. The van der Waals surface area contributed by atoms with Gasteiger partial charge in [0.05, 0.1) is 0 Å². The average molecular weight is 331 g/mol. The van der Waals surface area contributed by atoms with Crippen molar-refractivity contribution in [2.45, 2.75) is 45.7 Å². The van der Waals surface area contributed by atoms with E-state index in [-0.39, 0.29) is 0 Å². The van der Waals surface area contributed by atoms with E-state index in [9.17, 15) is 0 Å². The molecule has 0 bridgehead atoms. The second kappa shape index (κ2) is 6.40. The highest BCUT2D eigenvalue weighted by molar-refractivity contribution is 9.10. The molecule has 1 fully saturated rings. The van der Waals surface area contributed by atoms with Crippen molar-refractivity contribution in [1.29, 1.82) is 0 Å². The fourth-order valence-corrected chi connectivity index (χ4v) is 3.38. The molecule has 3 heteroatoms. The number of rotatable bonds is 3. The lowest BCUT2D eigenvalue weighted by molar-refractivity contribution is 0.206. The zero-order chi connectivity index (χ0) is 13.1. The van der Waals surface area contributed by atoms with E-state index in [1.54, 1.807) is 0 Å². The Morgan fingerprint density at radius 2 is 2.11 bits per heavy atom. The third-order valence-corrected chi connectivity index (χ3v) is 5.13. The van der Waals surface area contributed by atoms with Crippen LogP contribution in [0.15, 0.2) is 22.7 Å². The van der Waals surface area contributed by atoms with Gasteiger partial charge in [-0.25, -0.2) is 0 Å². The van der Waals surface area contributed by atoms with Gasteiger partial charge in [0.15, 0.2) is 0 Å². The zero-order valence-corrected chi connectivity index (χ0v) is 13.4. The maximum atomic E-state index is 6.22. The van der Waals surface area contributed by atoms with Crippen molar-refractivity contribution in [2.75, 3.05) is 0 Å². The van der Waals surface area contributed by atoms with Crippen LogP contribution in [0.2, 0.25) is 5.02 Å². The lowest BCUT2D eigenvalue weighted by Crippen LogP contribution is -2.40. The first-order valence-corrected chi connectivity index (χ1v) is 7.92. The summed E-state index contributed by atoms with van der Waals surface area (Å²) < 4.78 is 1.09. The van der Waals surface area contributed by atoms with Gasteiger partial charge < -0.3 is 5.32 Å². The number of benzene rings is 1. The Balaban J connectivity index is 1.96. The Morgan fingerprint density at radius 1 is 1.33 bits per heavy atom. The van der Waals surface area contributed by atoms with Gasteiger partial charge in [-0.05, 0) is 42.0 Å². The minimum Gasteiger partial charge on any atom is -0.310 e. The second-order valence-electron chi connectivity index (χ2n) is 5.49. The maximum Gasteiger partial charge on any atom is 0.0451 e. The number of hydrogen-bond acceptors (Lipinski definition) is 1. The molecule has 100 valence electrons. The van der Waals surface area contributed by atoms with E-state index in [4.69, 9.17) is 11.6 Å². The monoisotopic (exact) mass is 329 g/mol. The van der Waals surface area contributed by atoms with Gasteiger partial charge in [-0.2, -0.15) is 0 Å². The predicted octanol–water partition coefficient (Wildman–Crippen LogP) is 5.02. The maximum absolute atomic E-state index is 6.22. The normalized spacial score (nSPS) is 28.3. The van der Waals surface area contributed by atoms with Gasteiger partial charge in [0.1, 0.15) is 0 Å². The van der Waals surface area contributed by atoms with E-state index in [0.717, 1.165) is 27.9 Å². The molecule has 1 aromatic carbocycles. The molecule has 2 rings (SSSR count). The molecule has 1 N–H and O–H groups in total. The predicted molar refractivity (Wildman–Crippen MR) is 82.0 cm³/mol. The lowest BCUT2D eigenvalue weighted by Gasteiger charge is -2.34. The van der Waals surface area contributed by atoms with Gasteiger partial charge in [0, 0.05) is 22.1 Å². The van der Waals surface area contributed by atoms with Crippen LogP contribution in [0.25, 0.3) is 0 Å². The zero-order valence-electron chi connectivity index (χ0n) is 11.0. The summed E-state index contributed by atoms with van der Waals surface area (Å²) in [6, 6.07) is 6.67. The van der Waals surface area contributed by atoms with Crippen LogP contribution in [-0.2, 0) is 6.54 Å². The van der Waals surface area contributed by atoms with E-state index >= 15 is 0 Å². The van der Waals surface area contributed by atoms with E-state index in [2.05, 4.69) is 41.2 Å². The van der Waals surface area contributed by atoms with Gasteiger partial charge in [-0.15, -0.1) is 0 Å². The van der Waals surface area contributed by atoms with Crippen molar-refractivity contribution in [3.8, 4) is 0 Å². The van der Waals surface area contributed by atoms with E-state index in [0.29, 0.717) is 6.04 Å². The minimum absolute atomic E-state index is 0.629. The highest BCUT2D eigenvalue weighted by atomic mass is 79.9. The van der Waals surface area contributed by atoms with Gasteiger partial charge in [0.2, 0.25) is 0 Å². The molecule has 1 aliphatic carbocycles. The second-order valence-corrected chi connectivity index (χ2v) is 6.81. The van der Waals surface area contributed by atoms with Crippen molar-refractivity contribution < 1.29 is 0 Å². The molecule has 1 aromatic rings. The number of halogens is 2. The van der Waals surface area contributed by atoms with Crippen molar-refractivity contribution in [3.05, 3.63) is 33.3 Å². The molecule has 0 aromatic heterocycles. The standard InChI is InChI=1S/C15H21BrClN/c1-10-4-3-5-15(11(10)2)18-9-12-8-13(16)6-7-14(12)17/h6-8,10-11,15,18H,3-5,9H2,1-2H3. The Morgan fingerprint density at radius 3 is 2.89 bits per heavy atom. The van der Waals surface area contributed by atoms with E-state index in [1.807, 2.05) is 12.1 Å². The largest absolute Gasteiger partial charge is 0.310 e. The summed E-state index contributed by atoms with van der Waals surface area (Å²) in [6.45, 7) is 5.59. The summed E-state index contributed by atoms with van der Waals surface area (Å²) in [5.74, 6) is 1.58. The molecule has 18 heavy (non-hydrogen) atoms. The van der Waals surface area contributed by atoms with Gasteiger partial charge in [-0.3, -0.25) is 0 Å². The molecule has 0 aliphatic heterocycles. The molecule has 1 nitrogen and oxygen atoms in total. The van der Waals surface area contributed by atoms with Crippen LogP contribution < -0.4 is 5.32 Å². The first kappa shape index (κ1) is 14.4. The highest BCUT2D eigenvalue weighted by Crippen LogP contribution is 2.30. The topological polar surface area (TPSA) is 12.0 Å². The van der Waals surface area contributed by atoms with Gasteiger partial charge >= 0.3 is 0 Å². The molecular weight excluding hydrogens is 310 g/mol. The third kappa shape index (κ3) is 3.49. The fourth-order valence-electron chi connectivity index (χ4n) is 2.79. The average Bonchev–Trinajstić information content (AvgIpc) is 2.35. The Bertz CT molecular complexity index is 407. The molecule has 0 amide bonds. The Labute approximate surface area is 123 Å². The van der Waals surface area contributed by atoms with Gasteiger partial charge in [-0.1, -0.05) is 54.2 Å². The molecule has 0 heterocycles.